The Hall–Kier alpha value is -1.81. The summed E-state index contributed by atoms with van der Waals surface area (Å²) < 4.78 is 1.04. The van der Waals surface area contributed by atoms with Gasteiger partial charge in [-0.15, -0.1) is 0 Å². The van der Waals surface area contributed by atoms with Crippen LogP contribution in [-0.2, 0) is 11.2 Å². The van der Waals surface area contributed by atoms with Crippen LogP contribution in [-0.4, -0.2) is 19.0 Å². The predicted octanol–water partition coefficient (Wildman–Crippen LogP) is 3.92. The SMILES string of the molecule is Cc1ccc(NCC(=O)NCCCc2ccccc2)cc1Br. The highest BCUT2D eigenvalue weighted by Crippen LogP contribution is 2.20. The van der Waals surface area contributed by atoms with Crippen molar-refractivity contribution in [2.45, 2.75) is 19.8 Å². The molecule has 0 fully saturated rings. The molecule has 0 bridgehead atoms. The van der Waals surface area contributed by atoms with Gasteiger partial charge in [0.05, 0.1) is 6.54 Å². The molecule has 0 aliphatic carbocycles. The molecule has 3 nitrogen and oxygen atoms in total. The normalized spacial score (nSPS) is 10.3. The number of carbonyl (C=O) groups excluding carboxylic acids is 1. The predicted molar refractivity (Wildman–Crippen MR) is 95.1 cm³/mol. The van der Waals surface area contributed by atoms with Gasteiger partial charge in [-0.25, -0.2) is 0 Å². The summed E-state index contributed by atoms with van der Waals surface area (Å²) in [6, 6.07) is 16.3. The Labute approximate surface area is 140 Å². The number of amides is 1. The van der Waals surface area contributed by atoms with Gasteiger partial charge in [0, 0.05) is 16.7 Å². The highest BCUT2D eigenvalue weighted by atomic mass is 79.9. The van der Waals surface area contributed by atoms with Crippen LogP contribution in [0.5, 0.6) is 0 Å². The minimum atomic E-state index is 0.0183. The van der Waals surface area contributed by atoms with Crippen LogP contribution >= 0.6 is 15.9 Å². The summed E-state index contributed by atoms with van der Waals surface area (Å²) in [5.74, 6) is 0.0183. The molecule has 0 heterocycles. The lowest BCUT2D eigenvalue weighted by molar-refractivity contribution is -0.119. The third kappa shape index (κ3) is 5.53. The molecule has 0 saturated heterocycles. The lowest BCUT2D eigenvalue weighted by Gasteiger charge is -2.09. The molecule has 2 aromatic rings. The van der Waals surface area contributed by atoms with Gasteiger partial charge >= 0.3 is 0 Å². The topological polar surface area (TPSA) is 41.1 Å². The summed E-state index contributed by atoms with van der Waals surface area (Å²) in [4.78, 5) is 11.8. The highest BCUT2D eigenvalue weighted by Gasteiger charge is 2.02. The van der Waals surface area contributed by atoms with Gasteiger partial charge < -0.3 is 10.6 Å². The maximum Gasteiger partial charge on any atom is 0.239 e. The summed E-state index contributed by atoms with van der Waals surface area (Å²) in [5.41, 5.74) is 3.42. The first-order valence-corrected chi connectivity index (χ1v) is 8.25. The van der Waals surface area contributed by atoms with E-state index in [-0.39, 0.29) is 5.91 Å². The van der Waals surface area contributed by atoms with E-state index >= 15 is 0 Å². The molecule has 2 aromatic carbocycles. The van der Waals surface area contributed by atoms with Gasteiger partial charge in [-0.3, -0.25) is 4.79 Å². The number of hydrogen-bond acceptors (Lipinski definition) is 2. The van der Waals surface area contributed by atoms with Gasteiger partial charge in [0.25, 0.3) is 0 Å². The summed E-state index contributed by atoms with van der Waals surface area (Å²) in [5, 5.41) is 6.07. The quantitative estimate of drug-likeness (QED) is 0.734. The van der Waals surface area contributed by atoms with Crippen molar-refractivity contribution in [3.8, 4) is 0 Å². The van der Waals surface area contributed by atoms with Crippen molar-refractivity contribution in [1.82, 2.24) is 5.32 Å². The second kappa shape index (κ2) is 8.59. The minimum absolute atomic E-state index is 0.0183. The highest BCUT2D eigenvalue weighted by molar-refractivity contribution is 9.10. The number of halogens is 1. The Morgan fingerprint density at radius 3 is 2.64 bits per heavy atom. The van der Waals surface area contributed by atoms with E-state index in [1.807, 2.05) is 43.3 Å². The van der Waals surface area contributed by atoms with Crippen molar-refractivity contribution in [2.24, 2.45) is 0 Å². The van der Waals surface area contributed by atoms with Crippen LogP contribution in [0.2, 0.25) is 0 Å². The fourth-order valence-electron chi connectivity index (χ4n) is 2.11. The van der Waals surface area contributed by atoms with E-state index in [1.54, 1.807) is 0 Å². The van der Waals surface area contributed by atoms with Crippen LogP contribution in [0.3, 0.4) is 0 Å². The van der Waals surface area contributed by atoms with Crippen molar-refractivity contribution in [1.29, 1.82) is 0 Å². The largest absolute Gasteiger partial charge is 0.376 e. The van der Waals surface area contributed by atoms with Crippen LogP contribution in [0.1, 0.15) is 17.5 Å². The third-order valence-corrected chi connectivity index (χ3v) is 4.29. The zero-order valence-corrected chi connectivity index (χ0v) is 14.3. The molecule has 1 amide bonds. The molecule has 0 atom stereocenters. The first-order valence-electron chi connectivity index (χ1n) is 7.46. The zero-order chi connectivity index (χ0) is 15.8. The average molecular weight is 361 g/mol. The number of hydrogen-bond donors (Lipinski definition) is 2. The van der Waals surface area contributed by atoms with Gasteiger partial charge in [0.1, 0.15) is 0 Å². The molecule has 116 valence electrons. The Balaban J connectivity index is 1.64. The molecule has 0 spiro atoms. The average Bonchev–Trinajstić information content (AvgIpc) is 2.54. The minimum Gasteiger partial charge on any atom is -0.376 e. The van der Waals surface area contributed by atoms with E-state index in [0.717, 1.165) is 23.0 Å². The Kier molecular flexibility index (Phi) is 6.46. The number of benzene rings is 2. The number of nitrogens with one attached hydrogen (secondary N) is 2. The van der Waals surface area contributed by atoms with Gasteiger partial charge in [0.2, 0.25) is 5.91 Å². The monoisotopic (exact) mass is 360 g/mol. The first-order chi connectivity index (χ1) is 10.6. The first kappa shape index (κ1) is 16.6. The summed E-state index contributed by atoms with van der Waals surface area (Å²) in [6.45, 7) is 3.03. The lowest BCUT2D eigenvalue weighted by Crippen LogP contribution is -2.30. The van der Waals surface area contributed by atoms with Gasteiger partial charge in [0.15, 0.2) is 0 Å². The standard InChI is InChI=1S/C18H21BrN2O/c1-14-9-10-16(12-17(14)19)21-13-18(22)20-11-5-8-15-6-3-2-4-7-15/h2-4,6-7,9-10,12,21H,5,8,11,13H2,1H3,(H,20,22). The number of rotatable bonds is 7. The van der Waals surface area contributed by atoms with Crippen LogP contribution in [0.15, 0.2) is 53.0 Å². The van der Waals surface area contributed by atoms with Crippen molar-refractivity contribution >= 4 is 27.5 Å². The summed E-state index contributed by atoms with van der Waals surface area (Å²) in [7, 11) is 0. The van der Waals surface area contributed by atoms with Crippen LogP contribution in [0.25, 0.3) is 0 Å². The molecule has 0 aromatic heterocycles. The Morgan fingerprint density at radius 2 is 1.91 bits per heavy atom. The van der Waals surface area contributed by atoms with Crippen molar-refractivity contribution in [2.75, 3.05) is 18.4 Å². The van der Waals surface area contributed by atoms with Crippen molar-refractivity contribution < 1.29 is 4.79 Å². The number of aryl methyl sites for hydroxylation is 2. The molecule has 2 N–H and O–H groups in total. The molecule has 4 heteroatoms. The summed E-state index contributed by atoms with van der Waals surface area (Å²) >= 11 is 3.49. The number of carbonyl (C=O) groups is 1. The van der Waals surface area contributed by atoms with E-state index in [0.29, 0.717) is 13.1 Å². The molecule has 22 heavy (non-hydrogen) atoms. The van der Waals surface area contributed by atoms with E-state index in [1.165, 1.54) is 11.1 Å². The lowest BCUT2D eigenvalue weighted by atomic mass is 10.1. The molecule has 0 saturated carbocycles. The fourth-order valence-corrected chi connectivity index (χ4v) is 2.49. The van der Waals surface area contributed by atoms with E-state index in [9.17, 15) is 4.79 Å². The van der Waals surface area contributed by atoms with Gasteiger partial charge in [-0.05, 0) is 43.0 Å². The van der Waals surface area contributed by atoms with E-state index in [4.69, 9.17) is 0 Å². The van der Waals surface area contributed by atoms with E-state index < -0.39 is 0 Å². The molecule has 0 radical (unpaired) electrons. The number of anilines is 1. The van der Waals surface area contributed by atoms with Gasteiger partial charge in [-0.2, -0.15) is 0 Å². The molecule has 0 unspecified atom stereocenters. The van der Waals surface area contributed by atoms with Crippen LogP contribution in [0.4, 0.5) is 5.69 Å². The Bertz CT molecular complexity index is 614. The fraction of sp³-hybridized carbons (Fsp3) is 0.278. The smallest absolute Gasteiger partial charge is 0.239 e. The second-order valence-corrected chi connectivity index (χ2v) is 6.11. The van der Waals surface area contributed by atoms with Crippen molar-refractivity contribution in [3.63, 3.8) is 0 Å². The molecule has 0 aliphatic heterocycles. The van der Waals surface area contributed by atoms with Crippen molar-refractivity contribution in [3.05, 3.63) is 64.1 Å². The van der Waals surface area contributed by atoms with Gasteiger partial charge in [-0.1, -0.05) is 52.3 Å². The van der Waals surface area contributed by atoms with Crippen LogP contribution < -0.4 is 10.6 Å². The molecular formula is C18H21BrN2O. The molecule has 0 aliphatic rings. The van der Waals surface area contributed by atoms with Crippen LogP contribution in [0, 0.1) is 6.92 Å². The molecule has 2 rings (SSSR count). The maximum atomic E-state index is 11.8. The second-order valence-electron chi connectivity index (χ2n) is 5.26. The van der Waals surface area contributed by atoms with E-state index in [2.05, 4.69) is 38.7 Å². The Morgan fingerprint density at radius 1 is 1.14 bits per heavy atom. The zero-order valence-electron chi connectivity index (χ0n) is 12.7. The third-order valence-electron chi connectivity index (χ3n) is 3.43. The summed E-state index contributed by atoms with van der Waals surface area (Å²) in [6.07, 6.45) is 1.94. The maximum absolute atomic E-state index is 11.8. The molecular weight excluding hydrogens is 340 g/mol.